The average molecular weight is 386 g/mol. The van der Waals surface area contributed by atoms with E-state index in [1.807, 2.05) is 11.8 Å². The first-order valence-corrected chi connectivity index (χ1v) is 9.38. The fraction of sp³-hybridized carbons (Fsp3) is 0.474. The molecule has 1 aliphatic heterocycles. The van der Waals surface area contributed by atoms with Crippen molar-refractivity contribution in [3.8, 4) is 0 Å². The monoisotopic (exact) mass is 386 g/mol. The zero-order valence-corrected chi connectivity index (χ0v) is 16.1. The molecule has 3 rings (SSSR count). The molecule has 0 spiro atoms. The summed E-state index contributed by atoms with van der Waals surface area (Å²) in [5, 5.41) is 15.2. The number of amides is 2. The van der Waals surface area contributed by atoms with Crippen LogP contribution in [-0.2, 0) is 4.79 Å². The first-order valence-electron chi connectivity index (χ1n) is 9.38. The minimum absolute atomic E-state index is 0.0488. The second kappa shape index (κ2) is 8.39. The van der Waals surface area contributed by atoms with Gasteiger partial charge in [-0.1, -0.05) is 6.58 Å². The molecule has 0 radical (unpaired) electrons. The molecular formula is C19H26N6O3. The Morgan fingerprint density at radius 1 is 1.54 bits per heavy atom. The highest BCUT2D eigenvalue weighted by Crippen LogP contribution is 2.22. The predicted octanol–water partition coefficient (Wildman–Crippen LogP) is 1.05. The van der Waals surface area contributed by atoms with Crippen molar-refractivity contribution in [2.24, 2.45) is 0 Å². The van der Waals surface area contributed by atoms with Crippen LogP contribution >= 0.6 is 0 Å². The number of nitrogens with zero attached hydrogens (tertiary/aromatic N) is 3. The van der Waals surface area contributed by atoms with E-state index in [4.69, 9.17) is 5.11 Å². The van der Waals surface area contributed by atoms with Crippen LogP contribution in [0, 0.1) is 0 Å². The van der Waals surface area contributed by atoms with Crippen LogP contribution in [-0.4, -0.2) is 68.0 Å². The Morgan fingerprint density at radius 2 is 2.32 bits per heavy atom. The maximum absolute atomic E-state index is 12.4. The van der Waals surface area contributed by atoms with Crippen LogP contribution in [0.15, 0.2) is 25.0 Å². The third-order valence-electron chi connectivity index (χ3n) is 4.96. The summed E-state index contributed by atoms with van der Waals surface area (Å²) >= 11 is 0. The van der Waals surface area contributed by atoms with E-state index in [2.05, 4.69) is 32.2 Å². The summed E-state index contributed by atoms with van der Waals surface area (Å²) in [7, 11) is 0. The first kappa shape index (κ1) is 19.8. The van der Waals surface area contributed by atoms with Crippen LogP contribution in [0.3, 0.4) is 0 Å². The van der Waals surface area contributed by atoms with Gasteiger partial charge in [-0.3, -0.25) is 9.59 Å². The molecule has 2 aromatic rings. The van der Waals surface area contributed by atoms with Crippen molar-refractivity contribution < 1.29 is 14.7 Å². The van der Waals surface area contributed by atoms with Gasteiger partial charge in [-0.25, -0.2) is 9.97 Å². The van der Waals surface area contributed by atoms with Crippen molar-refractivity contribution in [3.05, 3.63) is 30.6 Å². The highest BCUT2D eigenvalue weighted by molar-refractivity contribution is 6.04. The maximum Gasteiger partial charge on any atom is 0.255 e. The number of hydrogen-bond donors (Lipinski definition) is 4. The zero-order valence-electron chi connectivity index (χ0n) is 16.1. The average Bonchev–Trinajstić information content (AvgIpc) is 3.10. The quantitative estimate of drug-likeness (QED) is 0.550. The number of likely N-dealkylation sites (tertiary alicyclic amines) is 1. The molecule has 1 fully saturated rings. The second-order valence-electron chi connectivity index (χ2n) is 7.16. The summed E-state index contributed by atoms with van der Waals surface area (Å²) in [4.78, 5) is 37.9. The first-order chi connectivity index (χ1) is 13.4. The molecule has 1 aliphatic rings. The molecular weight excluding hydrogens is 360 g/mol. The number of rotatable bonds is 6. The minimum atomic E-state index is -0.350. The SMILES string of the molecule is C=CC(=O)N1CC[C@@H](Nc2cnc3[nH]cc(C(=O)N[C@H](C)CO)c3n2)C[C@H]1C. The molecule has 9 heteroatoms. The lowest BCUT2D eigenvalue weighted by molar-refractivity contribution is -0.129. The van der Waals surface area contributed by atoms with Gasteiger partial charge in [-0.2, -0.15) is 0 Å². The summed E-state index contributed by atoms with van der Waals surface area (Å²) in [5.74, 6) is 0.216. The third-order valence-corrected chi connectivity index (χ3v) is 4.96. The molecule has 0 unspecified atom stereocenters. The highest BCUT2D eigenvalue weighted by Gasteiger charge is 2.28. The smallest absolute Gasteiger partial charge is 0.255 e. The molecule has 150 valence electrons. The van der Waals surface area contributed by atoms with Gasteiger partial charge < -0.3 is 25.6 Å². The van der Waals surface area contributed by atoms with Gasteiger partial charge in [-0.15, -0.1) is 0 Å². The van der Waals surface area contributed by atoms with Gasteiger partial charge in [0.1, 0.15) is 11.3 Å². The predicted molar refractivity (Wildman–Crippen MR) is 106 cm³/mol. The van der Waals surface area contributed by atoms with Gasteiger partial charge in [-0.05, 0) is 32.8 Å². The molecule has 1 saturated heterocycles. The van der Waals surface area contributed by atoms with Crippen LogP contribution < -0.4 is 10.6 Å². The second-order valence-corrected chi connectivity index (χ2v) is 7.16. The number of aromatic nitrogens is 3. The molecule has 0 aromatic carbocycles. The lowest BCUT2D eigenvalue weighted by atomic mass is 9.98. The van der Waals surface area contributed by atoms with E-state index in [1.54, 1.807) is 19.3 Å². The van der Waals surface area contributed by atoms with Crippen LogP contribution in [0.2, 0.25) is 0 Å². The van der Waals surface area contributed by atoms with Crippen molar-refractivity contribution in [2.75, 3.05) is 18.5 Å². The van der Waals surface area contributed by atoms with Gasteiger partial charge >= 0.3 is 0 Å². The fourth-order valence-electron chi connectivity index (χ4n) is 3.44. The molecule has 9 nitrogen and oxygen atoms in total. The number of aliphatic hydroxyl groups is 1. The van der Waals surface area contributed by atoms with Crippen molar-refractivity contribution in [1.82, 2.24) is 25.2 Å². The molecule has 0 saturated carbocycles. The maximum atomic E-state index is 12.4. The number of carbonyl (C=O) groups is 2. The van der Waals surface area contributed by atoms with E-state index in [-0.39, 0.29) is 36.5 Å². The van der Waals surface area contributed by atoms with Crippen LogP contribution in [0.1, 0.15) is 37.0 Å². The van der Waals surface area contributed by atoms with Crippen molar-refractivity contribution in [3.63, 3.8) is 0 Å². The Morgan fingerprint density at radius 3 is 3.00 bits per heavy atom. The lowest BCUT2D eigenvalue weighted by Gasteiger charge is -2.37. The van der Waals surface area contributed by atoms with Gasteiger partial charge in [0.2, 0.25) is 5.91 Å². The summed E-state index contributed by atoms with van der Waals surface area (Å²) in [5.41, 5.74) is 1.37. The molecule has 0 aliphatic carbocycles. The van der Waals surface area contributed by atoms with Crippen molar-refractivity contribution in [1.29, 1.82) is 0 Å². The topological polar surface area (TPSA) is 123 Å². The van der Waals surface area contributed by atoms with E-state index in [0.717, 1.165) is 12.8 Å². The molecule has 4 N–H and O–H groups in total. The third kappa shape index (κ3) is 4.14. The number of H-pyrrole nitrogens is 1. The van der Waals surface area contributed by atoms with Gasteiger partial charge in [0.25, 0.3) is 5.91 Å². The highest BCUT2D eigenvalue weighted by atomic mass is 16.3. The van der Waals surface area contributed by atoms with E-state index in [9.17, 15) is 9.59 Å². The van der Waals surface area contributed by atoms with Gasteiger partial charge in [0.15, 0.2) is 5.65 Å². The number of aromatic amines is 1. The van der Waals surface area contributed by atoms with E-state index in [1.165, 1.54) is 6.08 Å². The summed E-state index contributed by atoms with van der Waals surface area (Å²) in [6.45, 7) is 7.79. The Kier molecular flexibility index (Phi) is 5.93. The number of anilines is 1. The number of nitrogens with one attached hydrogen (secondary N) is 3. The number of aliphatic hydroxyl groups excluding tert-OH is 1. The van der Waals surface area contributed by atoms with E-state index < -0.39 is 0 Å². The van der Waals surface area contributed by atoms with E-state index in [0.29, 0.717) is 29.1 Å². The van der Waals surface area contributed by atoms with Crippen LogP contribution in [0.25, 0.3) is 11.2 Å². The van der Waals surface area contributed by atoms with Crippen LogP contribution in [0.4, 0.5) is 5.82 Å². The summed E-state index contributed by atoms with van der Waals surface area (Å²) in [6.07, 6.45) is 6.11. The van der Waals surface area contributed by atoms with Crippen LogP contribution in [0.5, 0.6) is 0 Å². The van der Waals surface area contributed by atoms with E-state index >= 15 is 0 Å². The lowest BCUT2D eigenvalue weighted by Crippen LogP contribution is -2.47. The zero-order chi connectivity index (χ0) is 20.3. The molecule has 3 atom stereocenters. The normalized spacial score (nSPS) is 20.6. The molecule has 3 heterocycles. The number of fused-ring (bicyclic) bond motifs is 1. The Hall–Kier alpha value is -2.94. The van der Waals surface area contributed by atoms with Gasteiger partial charge in [0, 0.05) is 30.9 Å². The summed E-state index contributed by atoms with van der Waals surface area (Å²) in [6, 6.07) is -0.0973. The molecule has 28 heavy (non-hydrogen) atoms. The number of piperidine rings is 1. The largest absolute Gasteiger partial charge is 0.394 e. The Bertz CT molecular complexity index is 880. The Labute approximate surface area is 163 Å². The standard InChI is InChI=1S/C19H26N6O3/c1-4-16(27)25-6-5-13(7-12(25)3)23-15-9-21-18-17(24-15)14(8-20-18)19(28)22-11(2)10-26/h4,8-9,11-13,26H,1,5-7,10H2,2-3H3,(H,20,21)(H,22,28)(H,23,24)/t11-,12-,13-/m1/s1. The molecule has 2 amide bonds. The minimum Gasteiger partial charge on any atom is -0.394 e. The van der Waals surface area contributed by atoms with Crippen molar-refractivity contribution in [2.45, 2.75) is 44.8 Å². The summed E-state index contributed by atoms with van der Waals surface area (Å²) < 4.78 is 0. The number of carbonyl (C=O) groups excluding carboxylic acids is 2. The molecule has 2 aromatic heterocycles. The van der Waals surface area contributed by atoms with Crippen molar-refractivity contribution >= 4 is 28.8 Å². The molecule has 0 bridgehead atoms. The Balaban J connectivity index is 1.72. The van der Waals surface area contributed by atoms with Gasteiger partial charge in [0.05, 0.1) is 18.4 Å². The number of hydrogen-bond acceptors (Lipinski definition) is 6. The fourth-order valence-corrected chi connectivity index (χ4v) is 3.44.